The van der Waals surface area contributed by atoms with Gasteiger partial charge in [0.15, 0.2) is 0 Å². The molecule has 1 saturated carbocycles. The fourth-order valence-corrected chi connectivity index (χ4v) is 2.86. The molecule has 2 amide bonds. The van der Waals surface area contributed by atoms with E-state index in [1.165, 1.54) is 0 Å². The predicted octanol–water partition coefficient (Wildman–Crippen LogP) is 0.722. The molecule has 90 valence electrons. The van der Waals surface area contributed by atoms with E-state index < -0.39 is 5.54 Å². The third-order valence-electron chi connectivity index (χ3n) is 3.79. The van der Waals surface area contributed by atoms with Crippen molar-refractivity contribution in [1.82, 2.24) is 9.80 Å². The second-order valence-corrected chi connectivity index (χ2v) is 5.46. The van der Waals surface area contributed by atoms with Gasteiger partial charge in [-0.15, -0.1) is 0 Å². The molecule has 2 rings (SSSR count). The largest absolute Gasteiger partial charge is 0.347 e. The Balaban J connectivity index is 2.22. The summed E-state index contributed by atoms with van der Waals surface area (Å²) in [5.74, 6) is 0.607. The third-order valence-corrected chi connectivity index (χ3v) is 3.79. The molecule has 0 spiro atoms. The molecule has 4 heteroatoms. The molecule has 16 heavy (non-hydrogen) atoms. The Labute approximate surface area is 96.6 Å². The highest BCUT2D eigenvalue weighted by Crippen LogP contribution is 2.56. The maximum atomic E-state index is 12.2. The number of likely N-dealkylation sites (tertiary alicyclic amines) is 1. The van der Waals surface area contributed by atoms with Crippen molar-refractivity contribution >= 4 is 11.8 Å². The number of carbonyl (C=O) groups excluding carboxylic acids is 2. The highest BCUT2D eigenvalue weighted by molar-refractivity contribution is 5.95. The molecular weight excluding hydrogens is 204 g/mol. The molecule has 1 heterocycles. The van der Waals surface area contributed by atoms with Gasteiger partial charge in [-0.25, -0.2) is 0 Å². The van der Waals surface area contributed by atoms with Gasteiger partial charge in [0.2, 0.25) is 11.8 Å². The average Bonchev–Trinajstić information content (AvgIpc) is 2.84. The Hall–Kier alpha value is -1.06. The van der Waals surface area contributed by atoms with Crippen molar-refractivity contribution in [2.75, 3.05) is 20.6 Å². The topological polar surface area (TPSA) is 40.6 Å². The zero-order chi connectivity index (χ0) is 12.1. The van der Waals surface area contributed by atoms with Crippen molar-refractivity contribution in [3.8, 4) is 0 Å². The molecule has 1 aliphatic carbocycles. The number of amides is 2. The Morgan fingerprint density at radius 3 is 2.44 bits per heavy atom. The van der Waals surface area contributed by atoms with Gasteiger partial charge in [-0.05, 0) is 18.8 Å². The highest BCUT2D eigenvalue weighted by atomic mass is 16.2. The van der Waals surface area contributed by atoms with Crippen molar-refractivity contribution in [1.29, 1.82) is 0 Å². The second-order valence-electron chi connectivity index (χ2n) is 5.46. The summed E-state index contributed by atoms with van der Waals surface area (Å²) in [7, 11) is 3.53. The van der Waals surface area contributed by atoms with Crippen LogP contribution in [0, 0.1) is 11.8 Å². The summed E-state index contributed by atoms with van der Waals surface area (Å²) in [6.45, 7) is 4.54. The van der Waals surface area contributed by atoms with E-state index in [0.29, 0.717) is 5.92 Å². The minimum absolute atomic E-state index is 0.0220. The fourth-order valence-electron chi connectivity index (χ4n) is 2.86. The summed E-state index contributed by atoms with van der Waals surface area (Å²) in [6.07, 6.45) is 1.85. The van der Waals surface area contributed by atoms with Crippen LogP contribution in [-0.4, -0.2) is 47.8 Å². The van der Waals surface area contributed by atoms with E-state index in [1.807, 2.05) is 18.7 Å². The van der Waals surface area contributed by atoms with E-state index in [-0.39, 0.29) is 17.7 Å². The first-order chi connectivity index (χ1) is 7.41. The van der Waals surface area contributed by atoms with Crippen molar-refractivity contribution < 1.29 is 9.59 Å². The van der Waals surface area contributed by atoms with Crippen LogP contribution in [0.3, 0.4) is 0 Å². The van der Waals surface area contributed by atoms with Crippen molar-refractivity contribution in [2.45, 2.75) is 32.2 Å². The minimum atomic E-state index is -0.467. The zero-order valence-corrected chi connectivity index (χ0v) is 10.5. The minimum Gasteiger partial charge on any atom is -0.347 e. The van der Waals surface area contributed by atoms with E-state index in [4.69, 9.17) is 0 Å². The zero-order valence-electron chi connectivity index (χ0n) is 10.5. The monoisotopic (exact) mass is 224 g/mol. The molecule has 2 atom stereocenters. The lowest BCUT2D eigenvalue weighted by Crippen LogP contribution is -2.51. The standard InChI is InChI=1S/C12H20N2O2/c1-8(2)10(15)14-6-5-9-7-12(9,14)11(16)13(3)4/h8-9H,5-7H2,1-4H3/t9-,12?/m1/s1. The number of hydrogen-bond donors (Lipinski definition) is 0. The van der Waals surface area contributed by atoms with Gasteiger partial charge in [0.25, 0.3) is 0 Å². The summed E-state index contributed by atoms with van der Waals surface area (Å²) in [6, 6.07) is 0. The Morgan fingerprint density at radius 1 is 1.38 bits per heavy atom. The van der Waals surface area contributed by atoms with Gasteiger partial charge in [0, 0.05) is 26.6 Å². The molecule has 0 aromatic rings. The van der Waals surface area contributed by atoms with E-state index in [9.17, 15) is 9.59 Å². The summed E-state index contributed by atoms with van der Waals surface area (Å²) in [5.41, 5.74) is -0.467. The SMILES string of the molecule is CC(C)C(=O)N1CC[C@@H]2CC21C(=O)N(C)C. The van der Waals surface area contributed by atoms with Crippen molar-refractivity contribution in [3.63, 3.8) is 0 Å². The van der Waals surface area contributed by atoms with Crippen molar-refractivity contribution in [2.24, 2.45) is 11.8 Å². The Morgan fingerprint density at radius 2 is 2.00 bits per heavy atom. The summed E-state index contributed by atoms with van der Waals surface area (Å²) in [4.78, 5) is 27.7. The summed E-state index contributed by atoms with van der Waals surface area (Å²) < 4.78 is 0. The number of rotatable bonds is 2. The van der Waals surface area contributed by atoms with Crippen LogP contribution < -0.4 is 0 Å². The van der Waals surface area contributed by atoms with Gasteiger partial charge < -0.3 is 9.80 Å². The average molecular weight is 224 g/mol. The van der Waals surface area contributed by atoms with Crippen LogP contribution >= 0.6 is 0 Å². The van der Waals surface area contributed by atoms with Gasteiger partial charge in [0.1, 0.15) is 5.54 Å². The van der Waals surface area contributed by atoms with Gasteiger partial charge >= 0.3 is 0 Å². The summed E-state index contributed by atoms with van der Waals surface area (Å²) >= 11 is 0. The number of piperidine rings is 1. The van der Waals surface area contributed by atoms with Gasteiger partial charge in [-0.2, -0.15) is 0 Å². The lowest BCUT2D eigenvalue weighted by Gasteiger charge is -2.30. The quantitative estimate of drug-likeness (QED) is 0.693. The molecule has 1 saturated heterocycles. The molecule has 4 nitrogen and oxygen atoms in total. The van der Waals surface area contributed by atoms with E-state index in [0.717, 1.165) is 19.4 Å². The molecule has 0 bridgehead atoms. The van der Waals surface area contributed by atoms with Crippen LogP contribution in [-0.2, 0) is 9.59 Å². The highest BCUT2D eigenvalue weighted by Gasteiger charge is 2.68. The molecular formula is C12H20N2O2. The first-order valence-electron chi connectivity index (χ1n) is 5.94. The van der Waals surface area contributed by atoms with Crippen LogP contribution in [0.1, 0.15) is 26.7 Å². The van der Waals surface area contributed by atoms with E-state index in [2.05, 4.69) is 0 Å². The maximum Gasteiger partial charge on any atom is 0.248 e. The van der Waals surface area contributed by atoms with Crippen molar-refractivity contribution in [3.05, 3.63) is 0 Å². The van der Waals surface area contributed by atoms with Crippen LogP contribution in [0.5, 0.6) is 0 Å². The second kappa shape index (κ2) is 3.47. The lowest BCUT2D eigenvalue weighted by atomic mass is 10.1. The van der Waals surface area contributed by atoms with Crippen LogP contribution in [0.4, 0.5) is 0 Å². The fraction of sp³-hybridized carbons (Fsp3) is 0.833. The maximum absolute atomic E-state index is 12.2. The van der Waals surface area contributed by atoms with E-state index >= 15 is 0 Å². The molecule has 2 aliphatic rings. The van der Waals surface area contributed by atoms with Gasteiger partial charge in [0.05, 0.1) is 0 Å². The van der Waals surface area contributed by atoms with Gasteiger partial charge in [-0.1, -0.05) is 13.8 Å². The molecule has 0 N–H and O–H groups in total. The number of likely N-dealkylation sites (N-methyl/N-ethyl adjacent to an activating group) is 1. The molecule has 0 aromatic carbocycles. The Kier molecular flexibility index (Phi) is 2.48. The lowest BCUT2D eigenvalue weighted by molar-refractivity contribution is -0.146. The normalized spacial score (nSPS) is 31.6. The summed E-state index contributed by atoms with van der Waals surface area (Å²) in [5, 5.41) is 0. The molecule has 0 radical (unpaired) electrons. The number of hydrogen-bond acceptors (Lipinski definition) is 2. The third kappa shape index (κ3) is 1.35. The molecule has 1 aliphatic heterocycles. The number of carbonyl (C=O) groups is 2. The first kappa shape index (κ1) is 11.4. The molecule has 0 aromatic heterocycles. The number of nitrogens with zero attached hydrogens (tertiary/aromatic N) is 2. The Bertz CT molecular complexity index is 338. The van der Waals surface area contributed by atoms with Crippen LogP contribution in [0.2, 0.25) is 0 Å². The number of fused-ring (bicyclic) bond motifs is 1. The smallest absolute Gasteiger partial charge is 0.248 e. The molecule has 2 fully saturated rings. The van der Waals surface area contributed by atoms with Gasteiger partial charge in [-0.3, -0.25) is 9.59 Å². The van der Waals surface area contributed by atoms with Crippen LogP contribution in [0.25, 0.3) is 0 Å². The van der Waals surface area contributed by atoms with E-state index in [1.54, 1.807) is 19.0 Å². The molecule has 1 unspecified atom stereocenters. The first-order valence-corrected chi connectivity index (χ1v) is 5.94. The van der Waals surface area contributed by atoms with Crippen LogP contribution in [0.15, 0.2) is 0 Å². The predicted molar refractivity (Wildman–Crippen MR) is 60.7 cm³/mol.